The molecule has 0 bridgehead atoms. The third-order valence-corrected chi connectivity index (χ3v) is 3.80. The van der Waals surface area contributed by atoms with E-state index in [0.29, 0.717) is 0 Å². The maximum Gasteiger partial charge on any atom is 0.0457 e. The van der Waals surface area contributed by atoms with Crippen LogP contribution >= 0.6 is 0 Å². The Hall–Kier alpha value is -2.02. The molecule has 0 unspecified atom stereocenters. The molecule has 1 aliphatic rings. The van der Waals surface area contributed by atoms with Crippen molar-refractivity contribution in [2.24, 2.45) is 0 Å². The third-order valence-electron chi connectivity index (χ3n) is 3.80. The zero-order valence-electron chi connectivity index (χ0n) is 9.53. The molecule has 1 heteroatoms. The van der Waals surface area contributed by atoms with E-state index in [1.807, 2.05) is 6.20 Å². The quantitative estimate of drug-likeness (QED) is 0.589. The molecule has 0 saturated carbocycles. The summed E-state index contributed by atoms with van der Waals surface area (Å²) in [4.78, 5) is 3.29. The van der Waals surface area contributed by atoms with Crippen molar-refractivity contribution in [1.29, 1.82) is 0 Å². The molecule has 1 aromatic heterocycles. The summed E-state index contributed by atoms with van der Waals surface area (Å²) < 4.78 is 0. The summed E-state index contributed by atoms with van der Waals surface area (Å²) in [6.07, 6.45) is 4.35. The highest BCUT2D eigenvalue weighted by molar-refractivity contribution is 5.91. The van der Waals surface area contributed by atoms with E-state index in [1.165, 1.54) is 33.2 Å². The van der Waals surface area contributed by atoms with Crippen LogP contribution in [0.5, 0.6) is 0 Å². The fraction of sp³-hybridized carbons (Fsp3) is 0.125. The molecule has 0 saturated heterocycles. The van der Waals surface area contributed by atoms with Gasteiger partial charge in [-0.15, -0.1) is 0 Å². The van der Waals surface area contributed by atoms with Gasteiger partial charge in [-0.25, -0.2) is 0 Å². The van der Waals surface area contributed by atoms with Crippen molar-refractivity contribution < 1.29 is 0 Å². The lowest BCUT2D eigenvalue weighted by molar-refractivity contribution is 0.951. The Labute approximate surface area is 100 Å². The fourth-order valence-electron chi connectivity index (χ4n) is 2.98. The SMILES string of the molecule is c1ccc2c(c1)CCc1c-2ccc2[nH]ccc12. The van der Waals surface area contributed by atoms with Gasteiger partial charge < -0.3 is 4.98 Å². The van der Waals surface area contributed by atoms with Gasteiger partial charge in [0.2, 0.25) is 0 Å². The van der Waals surface area contributed by atoms with Gasteiger partial charge in [0.05, 0.1) is 0 Å². The molecular weight excluding hydrogens is 206 g/mol. The monoisotopic (exact) mass is 219 g/mol. The largest absolute Gasteiger partial charge is 0.361 e. The summed E-state index contributed by atoms with van der Waals surface area (Å²) in [5.41, 5.74) is 7.07. The van der Waals surface area contributed by atoms with E-state index in [4.69, 9.17) is 0 Å². The molecule has 0 radical (unpaired) electrons. The van der Waals surface area contributed by atoms with E-state index in [2.05, 4.69) is 47.4 Å². The topological polar surface area (TPSA) is 15.8 Å². The van der Waals surface area contributed by atoms with Crippen molar-refractivity contribution in [2.75, 3.05) is 0 Å². The molecule has 0 atom stereocenters. The van der Waals surface area contributed by atoms with E-state index >= 15 is 0 Å². The molecule has 4 rings (SSSR count). The van der Waals surface area contributed by atoms with Crippen molar-refractivity contribution in [2.45, 2.75) is 12.8 Å². The Morgan fingerprint density at radius 3 is 2.76 bits per heavy atom. The van der Waals surface area contributed by atoms with Gasteiger partial charge in [0, 0.05) is 17.1 Å². The summed E-state index contributed by atoms with van der Waals surface area (Å²) in [6.45, 7) is 0. The lowest BCUT2D eigenvalue weighted by Crippen LogP contribution is -2.03. The normalized spacial score (nSPS) is 13.4. The standard InChI is InChI=1S/C16H13N/c1-2-4-12-11(3-1)5-6-14-13(12)7-8-16-15(14)9-10-17-16/h1-4,7-10,17H,5-6H2. The van der Waals surface area contributed by atoms with Gasteiger partial charge in [-0.2, -0.15) is 0 Å². The number of hydrogen-bond donors (Lipinski definition) is 1. The smallest absolute Gasteiger partial charge is 0.0457 e. The van der Waals surface area contributed by atoms with Crippen LogP contribution in [0, 0.1) is 0 Å². The number of aromatic nitrogens is 1. The molecule has 1 N–H and O–H groups in total. The van der Waals surface area contributed by atoms with Crippen LogP contribution in [0.1, 0.15) is 11.1 Å². The van der Waals surface area contributed by atoms with Crippen LogP contribution in [0.15, 0.2) is 48.7 Å². The predicted octanol–water partition coefficient (Wildman–Crippen LogP) is 3.93. The molecule has 1 heterocycles. The van der Waals surface area contributed by atoms with Gasteiger partial charge in [-0.1, -0.05) is 30.3 Å². The van der Waals surface area contributed by atoms with Gasteiger partial charge in [0.1, 0.15) is 0 Å². The first-order chi connectivity index (χ1) is 8.43. The average molecular weight is 219 g/mol. The van der Waals surface area contributed by atoms with E-state index in [-0.39, 0.29) is 0 Å². The summed E-state index contributed by atoms with van der Waals surface area (Å²) >= 11 is 0. The summed E-state index contributed by atoms with van der Waals surface area (Å²) in [6, 6.07) is 15.4. The zero-order valence-corrected chi connectivity index (χ0v) is 9.53. The highest BCUT2D eigenvalue weighted by atomic mass is 14.7. The second-order valence-electron chi connectivity index (χ2n) is 4.69. The minimum atomic E-state index is 1.15. The van der Waals surface area contributed by atoms with E-state index in [0.717, 1.165) is 12.8 Å². The van der Waals surface area contributed by atoms with Crippen LogP contribution in [-0.2, 0) is 12.8 Å². The van der Waals surface area contributed by atoms with Crippen LogP contribution in [0.25, 0.3) is 22.0 Å². The third kappa shape index (κ3) is 1.19. The average Bonchev–Trinajstić information content (AvgIpc) is 2.86. The molecule has 0 spiro atoms. The number of H-pyrrole nitrogens is 1. The van der Waals surface area contributed by atoms with Crippen molar-refractivity contribution in [3.8, 4) is 11.1 Å². The maximum absolute atomic E-state index is 3.29. The van der Waals surface area contributed by atoms with Gasteiger partial charge in [-0.3, -0.25) is 0 Å². The highest BCUT2D eigenvalue weighted by Gasteiger charge is 2.17. The predicted molar refractivity (Wildman–Crippen MR) is 71.1 cm³/mol. The Kier molecular flexibility index (Phi) is 1.72. The van der Waals surface area contributed by atoms with Gasteiger partial charge >= 0.3 is 0 Å². The number of fused-ring (bicyclic) bond motifs is 5. The van der Waals surface area contributed by atoms with Crippen molar-refractivity contribution in [3.63, 3.8) is 0 Å². The molecule has 1 nitrogen and oxygen atoms in total. The van der Waals surface area contributed by atoms with Crippen molar-refractivity contribution in [1.82, 2.24) is 4.98 Å². The molecular formula is C16H13N. The Bertz CT molecular complexity index is 706. The number of hydrogen-bond acceptors (Lipinski definition) is 0. The number of aromatic amines is 1. The molecule has 0 fully saturated rings. The maximum atomic E-state index is 3.29. The van der Waals surface area contributed by atoms with Gasteiger partial charge in [-0.05, 0) is 47.2 Å². The second kappa shape index (κ2) is 3.24. The Morgan fingerprint density at radius 2 is 1.76 bits per heavy atom. The van der Waals surface area contributed by atoms with E-state index in [1.54, 1.807) is 0 Å². The number of nitrogens with one attached hydrogen (secondary N) is 1. The summed E-state index contributed by atoms with van der Waals surface area (Å²) in [5, 5.41) is 1.39. The van der Waals surface area contributed by atoms with E-state index < -0.39 is 0 Å². The minimum Gasteiger partial charge on any atom is -0.361 e. The van der Waals surface area contributed by atoms with Crippen LogP contribution in [-0.4, -0.2) is 4.98 Å². The Morgan fingerprint density at radius 1 is 0.824 bits per heavy atom. The first-order valence-corrected chi connectivity index (χ1v) is 6.11. The molecule has 17 heavy (non-hydrogen) atoms. The summed E-state index contributed by atoms with van der Waals surface area (Å²) in [5.74, 6) is 0. The number of rotatable bonds is 0. The number of benzene rings is 2. The van der Waals surface area contributed by atoms with Crippen molar-refractivity contribution in [3.05, 3.63) is 59.8 Å². The van der Waals surface area contributed by atoms with E-state index in [9.17, 15) is 0 Å². The molecule has 2 aromatic carbocycles. The lowest BCUT2D eigenvalue weighted by Gasteiger charge is -2.20. The molecule has 1 aliphatic carbocycles. The van der Waals surface area contributed by atoms with Gasteiger partial charge in [0.25, 0.3) is 0 Å². The van der Waals surface area contributed by atoms with Crippen molar-refractivity contribution >= 4 is 10.9 Å². The second-order valence-corrected chi connectivity index (χ2v) is 4.69. The number of aryl methyl sites for hydroxylation is 2. The van der Waals surface area contributed by atoms with Crippen LogP contribution in [0.2, 0.25) is 0 Å². The van der Waals surface area contributed by atoms with Crippen LogP contribution < -0.4 is 0 Å². The molecule has 0 aliphatic heterocycles. The zero-order chi connectivity index (χ0) is 11.2. The first-order valence-electron chi connectivity index (χ1n) is 6.11. The molecule has 3 aromatic rings. The lowest BCUT2D eigenvalue weighted by atomic mass is 9.84. The molecule has 82 valence electrons. The minimum absolute atomic E-state index is 1.15. The molecule has 0 amide bonds. The summed E-state index contributed by atoms with van der Waals surface area (Å²) in [7, 11) is 0. The fourth-order valence-corrected chi connectivity index (χ4v) is 2.98. The van der Waals surface area contributed by atoms with Crippen LogP contribution in [0.4, 0.5) is 0 Å². The first kappa shape index (κ1) is 9.06. The van der Waals surface area contributed by atoms with Crippen LogP contribution in [0.3, 0.4) is 0 Å². The van der Waals surface area contributed by atoms with Gasteiger partial charge in [0.15, 0.2) is 0 Å². The highest BCUT2D eigenvalue weighted by Crippen LogP contribution is 2.36. The Balaban J connectivity index is 2.10.